The Hall–Kier alpha value is -1.89. The van der Waals surface area contributed by atoms with Gasteiger partial charge in [-0.3, -0.25) is 14.4 Å². The number of carbonyl (C=O) groups is 3. The minimum absolute atomic E-state index is 0.258. The van der Waals surface area contributed by atoms with Crippen LogP contribution in [0.5, 0.6) is 0 Å². The van der Waals surface area contributed by atoms with Crippen LogP contribution >= 0.6 is 0 Å². The summed E-state index contributed by atoms with van der Waals surface area (Å²) >= 11 is 0. The Balaban J connectivity index is 5.02. The third kappa shape index (κ3) is 16.2. The van der Waals surface area contributed by atoms with E-state index in [0.29, 0.717) is 25.8 Å². The number of unbranched alkanes of at least 4 members (excludes halogenated alkanes) is 10. The zero-order chi connectivity index (χ0) is 28.8. The fourth-order valence-corrected chi connectivity index (χ4v) is 5.45. The molecule has 0 heterocycles. The predicted molar refractivity (Wildman–Crippen MR) is 154 cm³/mol. The number of quaternary nitrogens is 1. The maximum atomic E-state index is 11.9. The summed E-state index contributed by atoms with van der Waals surface area (Å²) < 4.78 is 0.258. The second-order valence-electron chi connectivity index (χ2n) is 11.1. The van der Waals surface area contributed by atoms with Crippen LogP contribution in [0.15, 0.2) is 12.2 Å². The van der Waals surface area contributed by atoms with Gasteiger partial charge in [0.15, 0.2) is 0 Å². The van der Waals surface area contributed by atoms with Gasteiger partial charge in [0.1, 0.15) is 17.8 Å². The number of aliphatic carboxylic acids is 3. The average Bonchev–Trinajstić information content (AvgIpc) is 2.88. The van der Waals surface area contributed by atoms with Crippen LogP contribution in [0.25, 0.3) is 0 Å². The molecule has 3 N–H and O–H groups in total. The Kier molecular flexibility index (Phi) is 20.9. The van der Waals surface area contributed by atoms with Gasteiger partial charge in [-0.05, 0) is 51.4 Å². The van der Waals surface area contributed by atoms with Crippen molar-refractivity contribution in [2.45, 2.75) is 124 Å². The molecular formula is C31H58NO6+. The van der Waals surface area contributed by atoms with E-state index in [9.17, 15) is 29.7 Å². The van der Waals surface area contributed by atoms with Crippen LogP contribution in [0, 0.1) is 17.8 Å². The molecule has 7 nitrogen and oxygen atoms in total. The van der Waals surface area contributed by atoms with Crippen molar-refractivity contribution in [2.75, 3.05) is 26.2 Å². The Labute approximate surface area is 232 Å². The van der Waals surface area contributed by atoms with Gasteiger partial charge in [-0.15, -0.1) is 0 Å². The highest BCUT2D eigenvalue weighted by molar-refractivity contribution is 5.71. The molecule has 222 valence electrons. The fraction of sp³-hybridized carbons (Fsp3) is 0.839. The van der Waals surface area contributed by atoms with E-state index in [-0.39, 0.29) is 24.1 Å². The highest BCUT2D eigenvalue weighted by Crippen LogP contribution is 2.25. The Bertz CT molecular complexity index is 617. The van der Waals surface area contributed by atoms with Gasteiger partial charge in [0.25, 0.3) is 0 Å². The van der Waals surface area contributed by atoms with Crippen molar-refractivity contribution in [3.05, 3.63) is 12.2 Å². The lowest BCUT2D eigenvalue weighted by Crippen LogP contribution is -2.58. The normalized spacial score (nSPS) is 15.7. The lowest BCUT2D eigenvalue weighted by atomic mass is 9.95. The topological polar surface area (TPSA) is 112 Å². The summed E-state index contributed by atoms with van der Waals surface area (Å²) in [5.41, 5.74) is 0. The summed E-state index contributed by atoms with van der Waals surface area (Å²) in [6.07, 6.45) is 19.9. The molecular weight excluding hydrogens is 482 g/mol. The van der Waals surface area contributed by atoms with Crippen LogP contribution in [0.2, 0.25) is 0 Å². The van der Waals surface area contributed by atoms with E-state index >= 15 is 0 Å². The molecule has 0 bridgehead atoms. The second-order valence-corrected chi connectivity index (χ2v) is 11.1. The number of rotatable bonds is 26. The second kappa shape index (κ2) is 22.0. The monoisotopic (exact) mass is 540 g/mol. The highest BCUT2D eigenvalue weighted by Gasteiger charge is 2.40. The summed E-state index contributed by atoms with van der Waals surface area (Å²) in [5, 5.41) is 29.4. The third-order valence-corrected chi connectivity index (χ3v) is 8.00. The lowest BCUT2D eigenvalue weighted by Gasteiger charge is -2.43. The van der Waals surface area contributed by atoms with Crippen LogP contribution in [-0.4, -0.2) is 63.9 Å². The van der Waals surface area contributed by atoms with Crippen LogP contribution < -0.4 is 0 Å². The van der Waals surface area contributed by atoms with E-state index < -0.39 is 35.7 Å². The van der Waals surface area contributed by atoms with Gasteiger partial charge in [-0.1, -0.05) is 84.8 Å². The maximum absolute atomic E-state index is 11.9. The molecule has 0 fully saturated rings. The molecule has 7 heteroatoms. The van der Waals surface area contributed by atoms with E-state index in [1.165, 1.54) is 51.4 Å². The van der Waals surface area contributed by atoms with Crippen molar-refractivity contribution in [1.29, 1.82) is 0 Å². The summed E-state index contributed by atoms with van der Waals surface area (Å²) in [6.45, 7) is 9.15. The molecule has 0 saturated carbocycles. The van der Waals surface area contributed by atoms with E-state index in [4.69, 9.17) is 0 Å². The zero-order valence-corrected chi connectivity index (χ0v) is 24.8. The van der Waals surface area contributed by atoms with E-state index in [1.807, 2.05) is 20.8 Å². The molecule has 3 atom stereocenters. The van der Waals surface area contributed by atoms with Crippen molar-refractivity contribution < 1.29 is 34.2 Å². The number of hydrogen-bond acceptors (Lipinski definition) is 3. The van der Waals surface area contributed by atoms with Gasteiger partial charge in [0.05, 0.1) is 26.2 Å². The number of carboxylic acids is 3. The summed E-state index contributed by atoms with van der Waals surface area (Å²) in [5.74, 6) is -4.52. The Morgan fingerprint density at radius 1 is 0.553 bits per heavy atom. The first kappa shape index (κ1) is 36.1. The predicted octanol–water partition coefficient (Wildman–Crippen LogP) is 7.39. The SMILES string of the molecule is CC/C=C/CCCCCCCCCCCC[N+](CC(CC)C(=O)O)(CC(CC)C(=O)O)CC(CC)C(=O)O. The highest BCUT2D eigenvalue weighted by atomic mass is 16.4. The molecule has 3 unspecified atom stereocenters. The third-order valence-electron chi connectivity index (χ3n) is 8.00. The minimum Gasteiger partial charge on any atom is -0.481 e. The summed E-state index contributed by atoms with van der Waals surface area (Å²) in [4.78, 5) is 35.8. The van der Waals surface area contributed by atoms with Crippen molar-refractivity contribution in [3.8, 4) is 0 Å². The van der Waals surface area contributed by atoms with Gasteiger partial charge >= 0.3 is 17.9 Å². The number of carboxylic acid groups (broad SMARTS) is 3. The largest absolute Gasteiger partial charge is 0.481 e. The van der Waals surface area contributed by atoms with Crippen molar-refractivity contribution >= 4 is 17.9 Å². The molecule has 0 rings (SSSR count). The first-order valence-corrected chi connectivity index (χ1v) is 15.3. The standard InChI is InChI=1S/C31H57NO6/c1-5-9-10-11-12-13-14-15-16-17-18-19-20-21-22-32(23-26(6-2)29(33)34,24-27(7-3)30(35)36)25-28(8-4)31(37)38/h9-10,26-28H,5-8,11-25H2,1-4H3,(H2-,33,34,35,36,37,38)/p+1/b10-9+. The molecule has 38 heavy (non-hydrogen) atoms. The maximum Gasteiger partial charge on any atom is 0.312 e. The Morgan fingerprint density at radius 2 is 0.895 bits per heavy atom. The molecule has 0 radical (unpaired) electrons. The molecule has 0 saturated heterocycles. The molecule has 0 aromatic carbocycles. The zero-order valence-electron chi connectivity index (χ0n) is 24.8. The van der Waals surface area contributed by atoms with Gasteiger partial charge in [0.2, 0.25) is 0 Å². The molecule has 0 aliphatic heterocycles. The van der Waals surface area contributed by atoms with Crippen molar-refractivity contribution in [3.63, 3.8) is 0 Å². The van der Waals surface area contributed by atoms with Crippen LogP contribution in [0.4, 0.5) is 0 Å². The molecule has 0 aromatic heterocycles. The van der Waals surface area contributed by atoms with E-state index in [1.54, 1.807) is 0 Å². The number of nitrogens with zero attached hydrogens (tertiary/aromatic N) is 1. The quantitative estimate of drug-likeness (QED) is 0.0599. The first-order chi connectivity index (χ1) is 18.2. The van der Waals surface area contributed by atoms with E-state index in [2.05, 4.69) is 19.1 Å². The number of hydrogen-bond donors (Lipinski definition) is 3. The van der Waals surface area contributed by atoms with Crippen molar-refractivity contribution in [2.24, 2.45) is 17.8 Å². The molecule has 0 amide bonds. The van der Waals surface area contributed by atoms with Crippen LogP contribution in [0.3, 0.4) is 0 Å². The van der Waals surface area contributed by atoms with Crippen LogP contribution in [0.1, 0.15) is 124 Å². The first-order valence-electron chi connectivity index (χ1n) is 15.3. The number of allylic oxidation sites excluding steroid dienone is 2. The van der Waals surface area contributed by atoms with Crippen molar-refractivity contribution in [1.82, 2.24) is 0 Å². The summed E-state index contributed by atoms with van der Waals surface area (Å²) in [6, 6.07) is 0. The molecule has 0 spiro atoms. The molecule has 0 aromatic rings. The van der Waals surface area contributed by atoms with Gasteiger partial charge in [0, 0.05) is 0 Å². The summed E-state index contributed by atoms with van der Waals surface area (Å²) in [7, 11) is 0. The lowest BCUT2D eigenvalue weighted by molar-refractivity contribution is -0.935. The average molecular weight is 541 g/mol. The fourth-order valence-electron chi connectivity index (χ4n) is 5.45. The minimum atomic E-state index is -0.890. The molecule has 0 aliphatic rings. The van der Waals surface area contributed by atoms with Gasteiger partial charge in [-0.2, -0.15) is 0 Å². The Morgan fingerprint density at radius 3 is 1.21 bits per heavy atom. The smallest absolute Gasteiger partial charge is 0.312 e. The molecule has 0 aliphatic carbocycles. The van der Waals surface area contributed by atoms with Gasteiger partial charge in [-0.25, -0.2) is 0 Å². The van der Waals surface area contributed by atoms with Gasteiger partial charge < -0.3 is 19.8 Å². The van der Waals surface area contributed by atoms with E-state index in [0.717, 1.165) is 25.7 Å². The van der Waals surface area contributed by atoms with Crippen LogP contribution in [-0.2, 0) is 14.4 Å².